The lowest BCUT2D eigenvalue weighted by atomic mass is 10.0. The van der Waals surface area contributed by atoms with Gasteiger partial charge in [0.05, 0.1) is 11.1 Å². The van der Waals surface area contributed by atoms with Crippen LogP contribution in [-0.2, 0) is 0 Å². The fourth-order valence-corrected chi connectivity index (χ4v) is 3.69. The van der Waals surface area contributed by atoms with E-state index in [-0.39, 0.29) is 18.0 Å². The lowest BCUT2D eigenvalue weighted by Gasteiger charge is -2.10. The van der Waals surface area contributed by atoms with Crippen molar-refractivity contribution >= 4 is 33.5 Å². The Labute approximate surface area is 168 Å². The lowest BCUT2D eigenvalue weighted by Crippen LogP contribution is -2.26. The van der Waals surface area contributed by atoms with Crippen LogP contribution in [0.3, 0.4) is 0 Å². The number of pyridine rings is 1. The number of nitrogens with two attached hydrogens (primary N) is 1. The molecule has 0 bridgehead atoms. The molecule has 1 aliphatic rings. The highest BCUT2D eigenvalue weighted by molar-refractivity contribution is 6.08. The summed E-state index contributed by atoms with van der Waals surface area (Å²) in [4.78, 5) is 26.3. The van der Waals surface area contributed by atoms with E-state index in [1.54, 1.807) is 0 Å². The number of aromatic nitrogens is 4. The smallest absolute Gasteiger partial charge is 0.270 e. The molecule has 7 nitrogen and oxygen atoms in total. The molecule has 5 rings (SSSR count). The van der Waals surface area contributed by atoms with Crippen molar-refractivity contribution in [1.82, 2.24) is 24.8 Å². The first-order chi connectivity index (χ1) is 14.0. The third-order valence-corrected chi connectivity index (χ3v) is 5.34. The van der Waals surface area contributed by atoms with Gasteiger partial charge < -0.3 is 15.6 Å². The Bertz CT molecular complexity index is 1260. The van der Waals surface area contributed by atoms with Gasteiger partial charge in [0.25, 0.3) is 5.91 Å². The van der Waals surface area contributed by atoms with Crippen molar-refractivity contribution in [3.05, 3.63) is 48.5 Å². The van der Waals surface area contributed by atoms with Gasteiger partial charge in [0.1, 0.15) is 23.5 Å². The number of carbonyl (C=O) groups is 1. The molecule has 1 aliphatic carbocycles. The Hall–Kier alpha value is -3.48. The predicted molar refractivity (Wildman–Crippen MR) is 114 cm³/mol. The van der Waals surface area contributed by atoms with E-state index in [4.69, 9.17) is 10.7 Å². The topological polar surface area (TPSA) is 98.7 Å². The van der Waals surface area contributed by atoms with Gasteiger partial charge in [-0.15, -0.1) is 0 Å². The molecular weight excluding hydrogens is 364 g/mol. The van der Waals surface area contributed by atoms with Gasteiger partial charge in [0.15, 0.2) is 0 Å². The van der Waals surface area contributed by atoms with Crippen molar-refractivity contribution in [1.29, 1.82) is 0 Å². The van der Waals surface area contributed by atoms with Crippen molar-refractivity contribution in [3.8, 4) is 11.3 Å². The summed E-state index contributed by atoms with van der Waals surface area (Å²) >= 11 is 0. The number of nitrogen functional groups attached to an aromatic ring is 1. The van der Waals surface area contributed by atoms with E-state index in [0.29, 0.717) is 17.2 Å². The van der Waals surface area contributed by atoms with Crippen LogP contribution in [0.5, 0.6) is 0 Å². The molecule has 4 aromatic rings. The summed E-state index contributed by atoms with van der Waals surface area (Å²) in [5.74, 6) is 0.269. The minimum atomic E-state index is -0.137. The Morgan fingerprint density at radius 1 is 1.24 bits per heavy atom. The maximum atomic E-state index is 12.9. The molecule has 29 heavy (non-hydrogen) atoms. The zero-order valence-electron chi connectivity index (χ0n) is 16.4. The number of amides is 1. The Morgan fingerprint density at radius 2 is 2.03 bits per heavy atom. The quantitative estimate of drug-likeness (QED) is 0.557. The van der Waals surface area contributed by atoms with Crippen LogP contribution in [-0.4, -0.2) is 31.5 Å². The number of rotatable bonds is 4. The van der Waals surface area contributed by atoms with E-state index in [1.807, 2.05) is 36.5 Å². The maximum absolute atomic E-state index is 12.9. The number of benzene rings is 1. The molecule has 3 N–H and O–H groups in total. The molecule has 1 saturated carbocycles. The number of nitrogens with one attached hydrogen (secondary N) is 1. The average Bonchev–Trinajstić information content (AvgIpc) is 3.43. The molecular formula is C22H22N6O. The number of hydrogen-bond acceptors (Lipinski definition) is 5. The number of fused-ring (bicyclic) bond motifs is 2. The predicted octanol–water partition coefficient (Wildman–Crippen LogP) is 3.70. The highest BCUT2D eigenvalue weighted by Gasteiger charge is 2.26. The van der Waals surface area contributed by atoms with Crippen LogP contribution < -0.4 is 11.1 Å². The molecule has 0 aliphatic heterocycles. The summed E-state index contributed by atoms with van der Waals surface area (Å²) in [6.07, 6.45) is 5.53. The van der Waals surface area contributed by atoms with Gasteiger partial charge in [-0.1, -0.05) is 24.3 Å². The molecule has 146 valence electrons. The first-order valence-corrected chi connectivity index (χ1v) is 9.85. The number of carbonyl (C=O) groups excluding carboxylic acids is 1. The van der Waals surface area contributed by atoms with Crippen LogP contribution in [0.4, 0.5) is 5.82 Å². The highest BCUT2D eigenvalue weighted by Crippen LogP contribution is 2.35. The fourth-order valence-electron chi connectivity index (χ4n) is 3.69. The zero-order valence-corrected chi connectivity index (χ0v) is 16.4. The van der Waals surface area contributed by atoms with Crippen LogP contribution in [0.1, 0.15) is 43.2 Å². The van der Waals surface area contributed by atoms with Gasteiger partial charge in [0.2, 0.25) is 0 Å². The number of hydrogen-bond donors (Lipinski definition) is 2. The molecule has 1 aromatic carbocycles. The summed E-state index contributed by atoms with van der Waals surface area (Å²) in [6.45, 7) is 4.17. The molecule has 3 heterocycles. The Morgan fingerprint density at radius 3 is 2.79 bits per heavy atom. The van der Waals surface area contributed by atoms with Crippen molar-refractivity contribution in [3.63, 3.8) is 0 Å². The first kappa shape index (κ1) is 17.6. The van der Waals surface area contributed by atoms with Gasteiger partial charge in [-0.2, -0.15) is 0 Å². The van der Waals surface area contributed by atoms with Crippen molar-refractivity contribution in [2.45, 2.75) is 38.8 Å². The summed E-state index contributed by atoms with van der Waals surface area (Å²) in [6, 6.07) is 10.3. The van der Waals surface area contributed by atoms with E-state index < -0.39 is 0 Å². The van der Waals surface area contributed by atoms with Crippen LogP contribution in [0.15, 0.2) is 42.9 Å². The highest BCUT2D eigenvalue weighted by atomic mass is 16.2. The monoisotopic (exact) mass is 386 g/mol. The minimum absolute atomic E-state index is 0.137. The SMILES string of the molecule is CC(C)n1cc(-c2cc3ccccc3c(C(=O)NC3CC3)n2)c2c(N)ncnc21. The second-order valence-corrected chi connectivity index (χ2v) is 7.83. The van der Waals surface area contributed by atoms with E-state index in [9.17, 15) is 4.79 Å². The van der Waals surface area contributed by atoms with E-state index >= 15 is 0 Å². The third-order valence-electron chi connectivity index (χ3n) is 5.34. The molecule has 1 amide bonds. The van der Waals surface area contributed by atoms with Gasteiger partial charge in [-0.05, 0) is 38.1 Å². The molecule has 0 atom stereocenters. The van der Waals surface area contributed by atoms with E-state index in [0.717, 1.165) is 40.2 Å². The minimum Gasteiger partial charge on any atom is -0.383 e. The molecule has 1 fully saturated rings. The molecule has 3 aromatic heterocycles. The Balaban J connectivity index is 1.76. The van der Waals surface area contributed by atoms with Crippen LogP contribution in [0.25, 0.3) is 33.1 Å². The fraction of sp³-hybridized carbons (Fsp3) is 0.273. The van der Waals surface area contributed by atoms with Crippen LogP contribution in [0.2, 0.25) is 0 Å². The molecule has 0 unspecified atom stereocenters. The standard InChI is InChI=1S/C22H22N6O/c1-12(2)28-10-16(18-20(23)24-11-25-21(18)28)17-9-13-5-3-4-6-15(13)19(27-17)22(29)26-14-7-8-14/h3-6,9-12,14H,7-8H2,1-2H3,(H,26,29)(H2,23,24,25). The molecule has 0 radical (unpaired) electrons. The van der Waals surface area contributed by atoms with Crippen molar-refractivity contribution in [2.24, 2.45) is 0 Å². The van der Waals surface area contributed by atoms with Gasteiger partial charge >= 0.3 is 0 Å². The maximum Gasteiger partial charge on any atom is 0.270 e. The summed E-state index contributed by atoms with van der Waals surface area (Å²) in [5.41, 5.74) is 8.94. The number of nitrogens with zero attached hydrogens (tertiary/aromatic N) is 4. The van der Waals surface area contributed by atoms with Gasteiger partial charge in [-0.25, -0.2) is 15.0 Å². The van der Waals surface area contributed by atoms with Crippen LogP contribution in [0, 0.1) is 0 Å². The van der Waals surface area contributed by atoms with Crippen LogP contribution >= 0.6 is 0 Å². The van der Waals surface area contributed by atoms with Gasteiger partial charge in [0, 0.05) is 29.2 Å². The number of anilines is 1. The molecule has 7 heteroatoms. The second kappa shape index (κ2) is 6.55. The second-order valence-electron chi connectivity index (χ2n) is 7.83. The first-order valence-electron chi connectivity index (χ1n) is 9.85. The normalized spacial score (nSPS) is 14.0. The largest absolute Gasteiger partial charge is 0.383 e. The lowest BCUT2D eigenvalue weighted by molar-refractivity contribution is 0.0948. The summed E-state index contributed by atoms with van der Waals surface area (Å²) in [7, 11) is 0. The summed E-state index contributed by atoms with van der Waals surface area (Å²) < 4.78 is 2.06. The zero-order chi connectivity index (χ0) is 20.1. The molecule has 0 spiro atoms. The third kappa shape index (κ3) is 2.99. The Kier molecular flexibility index (Phi) is 3.97. The molecule has 0 saturated heterocycles. The average molecular weight is 386 g/mol. The van der Waals surface area contributed by atoms with E-state index in [2.05, 4.69) is 33.7 Å². The summed E-state index contributed by atoms with van der Waals surface area (Å²) in [5, 5.41) is 5.62. The van der Waals surface area contributed by atoms with E-state index in [1.165, 1.54) is 6.33 Å². The van der Waals surface area contributed by atoms with Crippen molar-refractivity contribution < 1.29 is 4.79 Å². The van der Waals surface area contributed by atoms with Gasteiger partial charge in [-0.3, -0.25) is 4.79 Å². The van der Waals surface area contributed by atoms with Crippen molar-refractivity contribution in [2.75, 3.05) is 5.73 Å².